The maximum absolute atomic E-state index is 13.7. The predicted molar refractivity (Wildman–Crippen MR) is 286 cm³/mol. The molecule has 0 saturated carbocycles. The fourth-order valence-electron chi connectivity index (χ4n) is 7.76. The molecule has 0 aliphatic carbocycles. The number of allylic oxidation sites excluding steroid dienone is 8. The van der Waals surface area contributed by atoms with Crippen LogP contribution >= 0.6 is 0 Å². The fourth-order valence-corrected chi connectivity index (χ4v) is 7.76. The lowest BCUT2D eigenvalue weighted by atomic mass is 10.0. The number of carbonyl (C=O) groups excluding carboxylic acids is 4. The molecule has 0 aliphatic rings. The Morgan fingerprint density at radius 3 is 1.23 bits per heavy atom. The van der Waals surface area contributed by atoms with Crippen molar-refractivity contribution in [2.75, 3.05) is 40.5 Å². The largest absolute Gasteiger partial charge is 0.509 e. The van der Waals surface area contributed by atoms with Gasteiger partial charge < -0.3 is 28.6 Å². The molecule has 0 bridgehead atoms. The third kappa shape index (κ3) is 49.4. The number of esters is 3. The van der Waals surface area contributed by atoms with Crippen LogP contribution in [0.2, 0.25) is 0 Å². The molecule has 1 unspecified atom stereocenters. The first-order valence-corrected chi connectivity index (χ1v) is 28.3. The lowest BCUT2D eigenvalue weighted by Crippen LogP contribution is -2.37. The Morgan fingerprint density at radius 1 is 0.420 bits per heavy atom. The number of hydrogen-bond acceptors (Lipinski definition) is 10. The Morgan fingerprint density at radius 2 is 0.797 bits per heavy atom. The summed E-state index contributed by atoms with van der Waals surface area (Å²) >= 11 is 0. The number of nitrogens with zero attached hydrogens (tertiary/aromatic N) is 1. The zero-order chi connectivity index (χ0) is 50.5. The van der Waals surface area contributed by atoms with Crippen molar-refractivity contribution in [2.24, 2.45) is 0 Å². The van der Waals surface area contributed by atoms with Crippen LogP contribution in [0.5, 0.6) is 0 Å². The van der Waals surface area contributed by atoms with Crippen LogP contribution in [0.1, 0.15) is 252 Å². The van der Waals surface area contributed by atoms with Crippen molar-refractivity contribution in [3.8, 4) is 0 Å². The number of rotatable bonds is 50. The van der Waals surface area contributed by atoms with Crippen LogP contribution in [0.15, 0.2) is 48.6 Å². The van der Waals surface area contributed by atoms with Crippen LogP contribution in [0.3, 0.4) is 0 Å². The van der Waals surface area contributed by atoms with Gasteiger partial charge in [0, 0.05) is 19.4 Å². The van der Waals surface area contributed by atoms with E-state index in [1.54, 1.807) is 0 Å². The van der Waals surface area contributed by atoms with Crippen LogP contribution in [-0.2, 0) is 38.1 Å². The zero-order valence-corrected chi connectivity index (χ0v) is 45.2. The summed E-state index contributed by atoms with van der Waals surface area (Å²) < 4.78 is 27.9. The van der Waals surface area contributed by atoms with Crippen molar-refractivity contribution in [3.63, 3.8) is 0 Å². The Balaban J connectivity index is 5.16. The third-order valence-corrected chi connectivity index (χ3v) is 12.1. The number of ether oxygens (including phenoxy) is 5. The van der Waals surface area contributed by atoms with E-state index in [0.717, 1.165) is 103 Å². The van der Waals surface area contributed by atoms with E-state index in [9.17, 15) is 19.2 Å². The molecule has 0 amide bonds. The molecule has 0 aliphatic heterocycles. The summed E-state index contributed by atoms with van der Waals surface area (Å²) in [6.07, 6.45) is 51.4. The van der Waals surface area contributed by atoms with Crippen LogP contribution in [0.4, 0.5) is 4.79 Å². The summed E-state index contributed by atoms with van der Waals surface area (Å²) in [7, 11) is 3.88. The van der Waals surface area contributed by atoms with Crippen molar-refractivity contribution in [1.29, 1.82) is 0 Å². The summed E-state index contributed by atoms with van der Waals surface area (Å²) in [4.78, 5) is 54.1. The Labute approximate surface area is 423 Å². The van der Waals surface area contributed by atoms with Crippen LogP contribution in [-0.4, -0.2) is 81.6 Å². The van der Waals surface area contributed by atoms with Gasteiger partial charge in [-0.05, 0) is 110 Å². The van der Waals surface area contributed by atoms with Gasteiger partial charge in [0.2, 0.25) is 6.10 Å². The zero-order valence-electron chi connectivity index (χ0n) is 45.2. The van der Waals surface area contributed by atoms with E-state index in [-0.39, 0.29) is 39.1 Å². The van der Waals surface area contributed by atoms with E-state index in [2.05, 4.69) is 69.4 Å². The van der Waals surface area contributed by atoms with Crippen molar-refractivity contribution in [2.45, 2.75) is 264 Å². The molecule has 0 heterocycles. The van der Waals surface area contributed by atoms with Gasteiger partial charge in [0.15, 0.2) is 6.10 Å². The van der Waals surface area contributed by atoms with Gasteiger partial charge in [0.1, 0.15) is 13.2 Å². The average molecular weight is 972 g/mol. The van der Waals surface area contributed by atoms with E-state index < -0.39 is 36.3 Å². The van der Waals surface area contributed by atoms with Gasteiger partial charge in [-0.1, -0.05) is 191 Å². The van der Waals surface area contributed by atoms with Gasteiger partial charge in [-0.3, -0.25) is 9.59 Å². The monoisotopic (exact) mass is 972 g/mol. The Bertz CT molecular complexity index is 1250. The van der Waals surface area contributed by atoms with Gasteiger partial charge in [-0.15, -0.1) is 0 Å². The van der Waals surface area contributed by atoms with E-state index >= 15 is 0 Å². The second-order valence-corrected chi connectivity index (χ2v) is 19.2. The maximum atomic E-state index is 13.7. The van der Waals surface area contributed by atoms with Gasteiger partial charge in [0.05, 0.1) is 6.61 Å². The van der Waals surface area contributed by atoms with E-state index in [4.69, 9.17) is 23.7 Å². The summed E-state index contributed by atoms with van der Waals surface area (Å²) in [6.45, 7) is 7.06. The Hall–Kier alpha value is -3.40. The van der Waals surface area contributed by atoms with Crippen molar-refractivity contribution >= 4 is 24.1 Å². The summed E-state index contributed by atoms with van der Waals surface area (Å²) in [6, 6.07) is 0. The van der Waals surface area contributed by atoms with E-state index in [0.29, 0.717) is 25.7 Å². The first-order chi connectivity index (χ1) is 33.7. The summed E-state index contributed by atoms with van der Waals surface area (Å²) in [5.74, 6) is -1.55. The smallest absolute Gasteiger partial charge is 0.462 e. The molecule has 0 fully saturated rings. The van der Waals surface area contributed by atoms with Gasteiger partial charge >= 0.3 is 24.1 Å². The highest BCUT2D eigenvalue weighted by molar-refractivity contribution is 5.77. The van der Waals surface area contributed by atoms with Gasteiger partial charge in [0.25, 0.3) is 0 Å². The highest BCUT2D eigenvalue weighted by Gasteiger charge is 2.29. The standard InChI is InChI=1S/C59H105NO9/c1-6-9-12-15-18-21-24-26-28-30-32-35-38-41-44-48-56(61)66-52-54(53-67-57(62)49-45-42-39-36-33-31-29-27-25-22-19-16-13-10-7-2)68-58(63)55(69-59(64)65-51-46-50-60(4)5)47-43-40-37-34-23-20-17-14-11-8-3/h18-19,21-22,26-29,54-55H,6-17,20,23-25,30-53H2,1-5H3. The summed E-state index contributed by atoms with van der Waals surface area (Å²) in [5.41, 5.74) is 0. The molecule has 400 valence electrons. The molecule has 0 rings (SSSR count). The van der Waals surface area contributed by atoms with Crippen molar-refractivity contribution in [1.82, 2.24) is 4.90 Å². The van der Waals surface area contributed by atoms with Crippen LogP contribution in [0, 0.1) is 0 Å². The molecule has 0 aromatic carbocycles. The Kier molecular flexibility index (Phi) is 49.8. The molecule has 0 aromatic rings. The normalized spacial score (nSPS) is 12.7. The van der Waals surface area contributed by atoms with Crippen LogP contribution in [0.25, 0.3) is 0 Å². The highest BCUT2D eigenvalue weighted by atomic mass is 16.7. The van der Waals surface area contributed by atoms with Crippen molar-refractivity contribution in [3.05, 3.63) is 48.6 Å². The molecular weight excluding hydrogens is 867 g/mol. The lowest BCUT2D eigenvalue weighted by Gasteiger charge is -2.22. The second-order valence-electron chi connectivity index (χ2n) is 19.2. The first-order valence-electron chi connectivity index (χ1n) is 28.3. The minimum absolute atomic E-state index is 0.162. The topological polar surface area (TPSA) is 118 Å². The van der Waals surface area contributed by atoms with Crippen LogP contribution < -0.4 is 0 Å². The molecule has 0 radical (unpaired) electrons. The molecule has 10 heteroatoms. The molecule has 0 aromatic heterocycles. The second kappa shape index (κ2) is 52.4. The summed E-state index contributed by atoms with van der Waals surface area (Å²) in [5, 5.41) is 0. The van der Waals surface area contributed by atoms with E-state index in [1.165, 1.54) is 89.9 Å². The molecule has 0 N–H and O–H groups in total. The minimum Gasteiger partial charge on any atom is -0.462 e. The number of unbranched alkanes of at least 4 members (excludes halogenated alkanes) is 25. The van der Waals surface area contributed by atoms with Crippen molar-refractivity contribution < 1.29 is 42.9 Å². The SMILES string of the molecule is CCCCCC=CCC=CCCCCCCCC(=O)OCC(COC(=O)CCCCCCCC=CCC=CCCCCC)OC(=O)C(CCCCCCCCCCCC)OC(=O)OCCCN(C)C. The molecule has 10 nitrogen and oxygen atoms in total. The lowest BCUT2D eigenvalue weighted by molar-refractivity contribution is -0.174. The average Bonchev–Trinajstić information content (AvgIpc) is 3.33. The molecular formula is C59H105NO9. The quantitative estimate of drug-likeness (QED) is 0.0252. The molecule has 69 heavy (non-hydrogen) atoms. The highest BCUT2D eigenvalue weighted by Crippen LogP contribution is 2.17. The predicted octanol–water partition coefficient (Wildman–Crippen LogP) is 16.4. The number of hydrogen-bond donors (Lipinski definition) is 0. The molecule has 1 atom stereocenters. The first kappa shape index (κ1) is 65.6. The maximum Gasteiger partial charge on any atom is 0.509 e. The molecule has 0 spiro atoms. The fraction of sp³-hybridized carbons (Fsp3) is 0.797. The van der Waals surface area contributed by atoms with Gasteiger partial charge in [-0.25, -0.2) is 9.59 Å². The number of carbonyl (C=O) groups is 4. The van der Waals surface area contributed by atoms with E-state index in [1.807, 2.05) is 19.0 Å². The third-order valence-electron chi connectivity index (χ3n) is 12.1. The minimum atomic E-state index is -1.20. The van der Waals surface area contributed by atoms with Gasteiger partial charge in [-0.2, -0.15) is 0 Å². The molecule has 0 saturated heterocycles.